The van der Waals surface area contributed by atoms with E-state index in [2.05, 4.69) is 0 Å². The summed E-state index contributed by atoms with van der Waals surface area (Å²) in [6.07, 6.45) is -0.345. The molecule has 0 aliphatic rings. The zero-order valence-corrected chi connectivity index (χ0v) is 13.3. The predicted molar refractivity (Wildman–Crippen MR) is 81.3 cm³/mol. The van der Waals surface area contributed by atoms with E-state index in [-0.39, 0.29) is 19.3 Å². The van der Waals surface area contributed by atoms with Crippen molar-refractivity contribution in [2.75, 3.05) is 19.8 Å². The maximum Gasteiger partial charge on any atom is 0.410 e. The van der Waals surface area contributed by atoms with E-state index >= 15 is 0 Å². The standard InChI is InChI=1S/C16H25NO4/c1-5-17(15(19)21-16(2,3)4)12-13-8-6-7-9-14(13)20-11-10-18/h6-9,18H,5,10-12H2,1-4H3. The number of rotatable bonds is 6. The lowest BCUT2D eigenvalue weighted by Crippen LogP contribution is -2.36. The fourth-order valence-electron chi connectivity index (χ4n) is 1.77. The van der Waals surface area contributed by atoms with Gasteiger partial charge in [0.1, 0.15) is 18.0 Å². The number of para-hydroxylation sites is 1. The van der Waals surface area contributed by atoms with Crippen molar-refractivity contribution in [2.45, 2.75) is 39.8 Å². The minimum atomic E-state index is -0.516. The van der Waals surface area contributed by atoms with Crippen LogP contribution in [-0.2, 0) is 11.3 Å². The second-order valence-electron chi connectivity index (χ2n) is 5.67. The van der Waals surface area contributed by atoms with Crippen molar-refractivity contribution in [3.63, 3.8) is 0 Å². The first-order chi connectivity index (χ1) is 9.87. The molecule has 1 amide bonds. The molecule has 1 aromatic rings. The average molecular weight is 295 g/mol. The number of ether oxygens (including phenoxy) is 2. The fourth-order valence-corrected chi connectivity index (χ4v) is 1.77. The first-order valence-corrected chi connectivity index (χ1v) is 7.17. The lowest BCUT2D eigenvalue weighted by Gasteiger charge is -2.27. The SMILES string of the molecule is CCN(Cc1ccccc1OCCO)C(=O)OC(C)(C)C. The number of hydrogen-bond acceptors (Lipinski definition) is 4. The Kier molecular flexibility index (Phi) is 6.49. The van der Waals surface area contributed by atoms with E-state index in [1.54, 1.807) is 4.90 Å². The van der Waals surface area contributed by atoms with Crippen LogP contribution in [0.5, 0.6) is 5.75 Å². The van der Waals surface area contributed by atoms with E-state index in [0.29, 0.717) is 18.8 Å². The lowest BCUT2D eigenvalue weighted by atomic mass is 10.2. The van der Waals surface area contributed by atoms with Crippen LogP contribution < -0.4 is 4.74 Å². The molecule has 5 heteroatoms. The van der Waals surface area contributed by atoms with Crippen molar-refractivity contribution >= 4 is 6.09 Å². The summed E-state index contributed by atoms with van der Waals surface area (Å²) in [5.74, 6) is 0.675. The molecule has 0 bridgehead atoms. The molecule has 1 aromatic carbocycles. The van der Waals surface area contributed by atoms with Gasteiger partial charge in [-0.15, -0.1) is 0 Å². The van der Waals surface area contributed by atoms with Gasteiger partial charge in [0.25, 0.3) is 0 Å². The second-order valence-corrected chi connectivity index (χ2v) is 5.67. The topological polar surface area (TPSA) is 59.0 Å². The van der Waals surface area contributed by atoms with Crippen molar-refractivity contribution in [1.29, 1.82) is 0 Å². The van der Waals surface area contributed by atoms with Crippen LogP contribution in [0.15, 0.2) is 24.3 Å². The summed E-state index contributed by atoms with van der Waals surface area (Å²) >= 11 is 0. The normalized spacial score (nSPS) is 11.1. The number of nitrogens with zero attached hydrogens (tertiary/aromatic N) is 1. The molecule has 1 rings (SSSR count). The summed E-state index contributed by atoms with van der Waals surface area (Å²) in [4.78, 5) is 13.8. The molecule has 0 aliphatic carbocycles. The van der Waals surface area contributed by atoms with E-state index in [4.69, 9.17) is 14.6 Å². The smallest absolute Gasteiger partial charge is 0.410 e. The number of carbonyl (C=O) groups is 1. The van der Waals surface area contributed by atoms with Crippen LogP contribution in [-0.4, -0.2) is 41.5 Å². The highest BCUT2D eigenvalue weighted by Crippen LogP contribution is 2.21. The van der Waals surface area contributed by atoms with Gasteiger partial charge in [-0.2, -0.15) is 0 Å². The molecule has 0 unspecified atom stereocenters. The fraction of sp³-hybridized carbons (Fsp3) is 0.562. The van der Waals surface area contributed by atoms with Crippen LogP contribution >= 0.6 is 0 Å². The molecular formula is C16H25NO4. The predicted octanol–water partition coefficient (Wildman–Crippen LogP) is 2.81. The Labute approximate surface area is 126 Å². The highest BCUT2D eigenvalue weighted by atomic mass is 16.6. The number of hydrogen-bond donors (Lipinski definition) is 1. The van der Waals surface area contributed by atoms with Crippen LogP contribution in [0.1, 0.15) is 33.3 Å². The van der Waals surface area contributed by atoms with Crippen molar-refractivity contribution in [3.8, 4) is 5.75 Å². The minimum Gasteiger partial charge on any atom is -0.491 e. The lowest BCUT2D eigenvalue weighted by molar-refractivity contribution is 0.0243. The highest BCUT2D eigenvalue weighted by Gasteiger charge is 2.22. The zero-order valence-electron chi connectivity index (χ0n) is 13.3. The number of aliphatic hydroxyl groups excluding tert-OH is 1. The maximum absolute atomic E-state index is 12.1. The molecule has 5 nitrogen and oxygen atoms in total. The molecule has 0 aliphatic heterocycles. The van der Waals surface area contributed by atoms with Gasteiger partial charge in [0.05, 0.1) is 13.2 Å². The Morgan fingerprint density at radius 2 is 1.95 bits per heavy atom. The molecule has 0 saturated carbocycles. The van der Waals surface area contributed by atoms with Crippen molar-refractivity contribution in [2.24, 2.45) is 0 Å². The quantitative estimate of drug-likeness (QED) is 0.876. The number of carbonyl (C=O) groups excluding carboxylic acids is 1. The minimum absolute atomic E-state index is 0.0438. The van der Waals surface area contributed by atoms with Gasteiger partial charge in [-0.3, -0.25) is 0 Å². The van der Waals surface area contributed by atoms with Gasteiger partial charge in [0, 0.05) is 12.1 Å². The highest BCUT2D eigenvalue weighted by molar-refractivity contribution is 5.68. The molecule has 0 aromatic heterocycles. The van der Waals surface area contributed by atoms with Gasteiger partial charge in [0.2, 0.25) is 0 Å². The summed E-state index contributed by atoms with van der Waals surface area (Å²) in [5.41, 5.74) is 0.371. The summed E-state index contributed by atoms with van der Waals surface area (Å²) in [7, 11) is 0. The zero-order chi connectivity index (χ0) is 15.9. The van der Waals surface area contributed by atoms with E-state index in [1.165, 1.54) is 0 Å². The van der Waals surface area contributed by atoms with Crippen LogP contribution in [0, 0.1) is 0 Å². The Bertz CT molecular complexity index is 454. The van der Waals surface area contributed by atoms with Crippen molar-refractivity contribution in [1.82, 2.24) is 4.90 Å². The molecule has 0 atom stereocenters. The van der Waals surface area contributed by atoms with E-state index in [0.717, 1.165) is 5.56 Å². The first kappa shape index (κ1) is 17.3. The Hall–Kier alpha value is -1.75. The molecular weight excluding hydrogens is 270 g/mol. The van der Waals surface area contributed by atoms with E-state index in [1.807, 2.05) is 52.0 Å². The first-order valence-electron chi connectivity index (χ1n) is 7.17. The van der Waals surface area contributed by atoms with Gasteiger partial charge in [-0.05, 0) is 33.8 Å². The van der Waals surface area contributed by atoms with Crippen LogP contribution in [0.3, 0.4) is 0 Å². The summed E-state index contributed by atoms with van der Waals surface area (Å²) in [6, 6.07) is 7.48. The molecule has 0 fully saturated rings. The number of amides is 1. The molecule has 1 N–H and O–H groups in total. The van der Waals surface area contributed by atoms with E-state index < -0.39 is 5.60 Å². The summed E-state index contributed by atoms with van der Waals surface area (Å²) in [5, 5.41) is 8.85. The van der Waals surface area contributed by atoms with Gasteiger partial charge < -0.3 is 19.5 Å². The maximum atomic E-state index is 12.1. The molecule has 118 valence electrons. The Morgan fingerprint density at radius 3 is 2.52 bits per heavy atom. The third-order valence-electron chi connectivity index (χ3n) is 2.72. The number of benzene rings is 1. The summed E-state index contributed by atoms with van der Waals surface area (Å²) < 4.78 is 10.9. The van der Waals surface area contributed by atoms with Crippen molar-refractivity contribution < 1.29 is 19.4 Å². The second kappa shape index (κ2) is 7.88. The van der Waals surface area contributed by atoms with Gasteiger partial charge >= 0.3 is 6.09 Å². The molecule has 0 heterocycles. The Balaban J connectivity index is 2.79. The van der Waals surface area contributed by atoms with Crippen molar-refractivity contribution in [3.05, 3.63) is 29.8 Å². The van der Waals surface area contributed by atoms with Gasteiger partial charge in [-0.25, -0.2) is 4.79 Å². The van der Waals surface area contributed by atoms with E-state index in [9.17, 15) is 4.79 Å². The molecule has 0 spiro atoms. The van der Waals surface area contributed by atoms with Gasteiger partial charge in [-0.1, -0.05) is 18.2 Å². The molecule has 21 heavy (non-hydrogen) atoms. The van der Waals surface area contributed by atoms with Crippen LogP contribution in [0.2, 0.25) is 0 Å². The summed E-state index contributed by atoms with van der Waals surface area (Å²) in [6.45, 7) is 8.58. The van der Waals surface area contributed by atoms with Gasteiger partial charge in [0.15, 0.2) is 0 Å². The number of aliphatic hydroxyl groups is 1. The molecule has 0 radical (unpaired) electrons. The Morgan fingerprint density at radius 1 is 1.29 bits per heavy atom. The van der Waals surface area contributed by atoms with Crippen LogP contribution in [0.25, 0.3) is 0 Å². The largest absolute Gasteiger partial charge is 0.491 e. The average Bonchev–Trinajstić information content (AvgIpc) is 2.41. The van der Waals surface area contributed by atoms with Crippen LogP contribution in [0.4, 0.5) is 4.79 Å². The monoisotopic (exact) mass is 295 g/mol. The molecule has 0 saturated heterocycles. The third kappa shape index (κ3) is 6.04. The third-order valence-corrected chi connectivity index (χ3v) is 2.72.